The van der Waals surface area contributed by atoms with E-state index in [4.69, 9.17) is 14.2 Å². The molecule has 9 heteroatoms. The van der Waals surface area contributed by atoms with Crippen LogP contribution in [0, 0.1) is 3.57 Å². The SMILES string of the molecule is CCCCOc1c(I)cc(C=C2C(=O)NC(=O)N(c3ccc(OC)cc3)C2=O)cc1OCC. The van der Waals surface area contributed by atoms with Crippen LogP contribution in [0.2, 0.25) is 0 Å². The number of hydrogen-bond acceptors (Lipinski definition) is 6. The lowest BCUT2D eigenvalue weighted by molar-refractivity contribution is -0.122. The summed E-state index contributed by atoms with van der Waals surface area (Å²) in [5.74, 6) is 0.257. The number of amides is 4. The van der Waals surface area contributed by atoms with Gasteiger partial charge in [-0.05, 0) is 84.0 Å². The van der Waals surface area contributed by atoms with Gasteiger partial charge in [0.1, 0.15) is 11.3 Å². The summed E-state index contributed by atoms with van der Waals surface area (Å²) in [5, 5.41) is 2.23. The fourth-order valence-electron chi connectivity index (χ4n) is 3.18. The average molecular weight is 564 g/mol. The van der Waals surface area contributed by atoms with E-state index < -0.39 is 17.8 Å². The Morgan fingerprint density at radius 1 is 1.06 bits per heavy atom. The predicted octanol–water partition coefficient (Wildman–Crippen LogP) is 4.54. The summed E-state index contributed by atoms with van der Waals surface area (Å²) in [7, 11) is 1.52. The van der Waals surface area contributed by atoms with E-state index in [-0.39, 0.29) is 5.57 Å². The van der Waals surface area contributed by atoms with Crippen LogP contribution in [0.25, 0.3) is 6.08 Å². The number of carbonyl (C=O) groups excluding carboxylic acids is 3. The number of rotatable bonds is 9. The zero-order chi connectivity index (χ0) is 24.0. The first-order chi connectivity index (χ1) is 15.9. The maximum Gasteiger partial charge on any atom is 0.335 e. The van der Waals surface area contributed by atoms with Gasteiger partial charge in [-0.1, -0.05) is 13.3 Å². The highest BCUT2D eigenvalue weighted by Crippen LogP contribution is 2.35. The molecule has 1 aliphatic rings. The molecule has 0 aromatic heterocycles. The van der Waals surface area contributed by atoms with E-state index in [0.29, 0.717) is 41.7 Å². The van der Waals surface area contributed by atoms with Crippen molar-refractivity contribution in [1.29, 1.82) is 0 Å². The molecule has 1 aliphatic heterocycles. The van der Waals surface area contributed by atoms with Crippen molar-refractivity contribution in [3.8, 4) is 17.2 Å². The number of anilines is 1. The Morgan fingerprint density at radius 2 is 1.79 bits per heavy atom. The Morgan fingerprint density at radius 3 is 2.42 bits per heavy atom. The van der Waals surface area contributed by atoms with Gasteiger partial charge in [-0.15, -0.1) is 0 Å². The highest BCUT2D eigenvalue weighted by molar-refractivity contribution is 14.1. The summed E-state index contributed by atoms with van der Waals surface area (Å²) in [5.41, 5.74) is 0.734. The van der Waals surface area contributed by atoms with E-state index >= 15 is 0 Å². The van der Waals surface area contributed by atoms with Gasteiger partial charge in [0.05, 0.1) is 29.6 Å². The lowest BCUT2D eigenvalue weighted by Crippen LogP contribution is -2.54. The Kier molecular flexibility index (Phi) is 8.32. The monoisotopic (exact) mass is 564 g/mol. The van der Waals surface area contributed by atoms with E-state index in [1.807, 2.05) is 6.92 Å². The lowest BCUT2D eigenvalue weighted by atomic mass is 10.1. The molecule has 2 aromatic rings. The fourth-order valence-corrected chi connectivity index (χ4v) is 3.96. The molecule has 0 spiro atoms. The van der Waals surface area contributed by atoms with Crippen molar-refractivity contribution in [2.24, 2.45) is 0 Å². The second-order valence-electron chi connectivity index (χ2n) is 7.12. The molecular formula is C24H25IN2O6. The topological polar surface area (TPSA) is 94.2 Å². The smallest absolute Gasteiger partial charge is 0.335 e. The second-order valence-corrected chi connectivity index (χ2v) is 8.28. The van der Waals surface area contributed by atoms with Gasteiger partial charge in [0, 0.05) is 0 Å². The molecule has 0 aliphatic carbocycles. The summed E-state index contributed by atoms with van der Waals surface area (Å²) in [6.45, 7) is 4.94. The summed E-state index contributed by atoms with van der Waals surface area (Å²) in [6.07, 6.45) is 3.36. The molecule has 0 unspecified atom stereocenters. The molecule has 1 N–H and O–H groups in total. The molecular weight excluding hydrogens is 539 g/mol. The van der Waals surface area contributed by atoms with Crippen molar-refractivity contribution in [1.82, 2.24) is 5.32 Å². The van der Waals surface area contributed by atoms with Crippen LogP contribution in [0.4, 0.5) is 10.5 Å². The number of imide groups is 2. The molecule has 0 bridgehead atoms. The van der Waals surface area contributed by atoms with Crippen molar-refractivity contribution < 1.29 is 28.6 Å². The molecule has 33 heavy (non-hydrogen) atoms. The minimum atomic E-state index is -0.809. The zero-order valence-electron chi connectivity index (χ0n) is 18.6. The Bertz CT molecular complexity index is 1080. The van der Waals surface area contributed by atoms with E-state index in [1.54, 1.807) is 36.4 Å². The van der Waals surface area contributed by atoms with Gasteiger partial charge < -0.3 is 14.2 Å². The summed E-state index contributed by atoms with van der Waals surface area (Å²) >= 11 is 2.13. The van der Waals surface area contributed by atoms with Crippen LogP contribution in [0.5, 0.6) is 17.2 Å². The second kappa shape index (κ2) is 11.2. The molecule has 0 atom stereocenters. The van der Waals surface area contributed by atoms with Crippen LogP contribution in [0.1, 0.15) is 32.3 Å². The highest BCUT2D eigenvalue weighted by atomic mass is 127. The van der Waals surface area contributed by atoms with E-state index in [2.05, 4.69) is 34.8 Å². The Hall–Kier alpha value is -3.08. The fraction of sp³-hybridized carbons (Fsp3) is 0.292. The van der Waals surface area contributed by atoms with Gasteiger partial charge in [-0.25, -0.2) is 9.69 Å². The number of nitrogens with zero attached hydrogens (tertiary/aromatic N) is 1. The number of nitrogens with one attached hydrogen (secondary N) is 1. The minimum absolute atomic E-state index is 0.164. The first kappa shape index (κ1) is 24.6. The quantitative estimate of drug-likeness (QED) is 0.208. The van der Waals surface area contributed by atoms with E-state index in [9.17, 15) is 14.4 Å². The van der Waals surface area contributed by atoms with Crippen LogP contribution >= 0.6 is 22.6 Å². The first-order valence-electron chi connectivity index (χ1n) is 10.5. The van der Waals surface area contributed by atoms with Crippen molar-refractivity contribution in [3.63, 3.8) is 0 Å². The van der Waals surface area contributed by atoms with Gasteiger partial charge in [-0.3, -0.25) is 14.9 Å². The molecule has 1 fully saturated rings. The Balaban J connectivity index is 1.96. The van der Waals surface area contributed by atoms with E-state index in [0.717, 1.165) is 21.3 Å². The molecule has 3 rings (SSSR count). The van der Waals surface area contributed by atoms with Gasteiger partial charge in [0.25, 0.3) is 11.8 Å². The molecule has 1 heterocycles. The molecule has 1 saturated heterocycles. The van der Waals surface area contributed by atoms with E-state index in [1.165, 1.54) is 13.2 Å². The average Bonchev–Trinajstić information content (AvgIpc) is 2.79. The third-order valence-corrected chi connectivity index (χ3v) is 5.62. The molecule has 0 radical (unpaired) electrons. The predicted molar refractivity (Wildman–Crippen MR) is 133 cm³/mol. The van der Waals surface area contributed by atoms with Crippen molar-refractivity contribution in [3.05, 3.63) is 51.1 Å². The zero-order valence-corrected chi connectivity index (χ0v) is 20.8. The maximum absolute atomic E-state index is 13.1. The maximum atomic E-state index is 13.1. The standard InChI is InChI=1S/C24H25IN2O6/c1-4-6-11-33-21-19(25)13-15(14-20(21)32-5-2)12-18-22(28)26-24(30)27(23(18)29)16-7-9-17(31-3)10-8-16/h7-10,12-14H,4-6,11H2,1-3H3,(H,26,28,30). The molecule has 8 nitrogen and oxygen atoms in total. The Labute approximate surface area is 206 Å². The normalized spacial score (nSPS) is 15.0. The number of hydrogen-bond donors (Lipinski definition) is 1. The van der Waals surface area contributed by atoms with Crippen molar-refractivity contribution in [2.45, 2.75) is 26.7 Å². The third-order valence-electron chi connectivity index (χ3n) is 4.82. The number of benzene rings is 2. The number of unbranched alkanes of at least 4 members (excludes halogenated alkanes) is 1. The lowest BCUT2D eigenvalue weighted by Gasteiger charge is -2.26. The third kappa shape index (κ3) is 5.65. The van der Waals surface area contributed by atoms with Crippen molar-refractivity contribution >= 4 is 52.2 Å². The van der Waals surface area contributed by atoms with Crippen LogP contribution in [0.15, 0.2) is 42.0 Å². The summed E-state index contributed by atoms with van der Waals surface area (Å²) < 4.78 is 17.5. The van der Waals surface area contributed by atoms with Crippen LogP contribution in [-0.4, -0.2) is 38.2 Å². The summed E-state index contributed by atoms with van der Waals surface area (Å²) in [4.78, 5) is 39.0. The van der Waals surface area contributed by atoms with Gasteiger partial charge in [0.15, 0.2) is 11.5 Å². The summed E-state index contributed by atoms with van der Waals surface area (Å²) in [6, 6.07) is 9.11. The number of halogens is 1. The number of carbonyl (C=O) groups is 3. The van der Waals surface area contributed by atoms with Crippen LogP contribution in [0.3, 0.4) is 0 Å². The highest BCUT2D eigenvalue weighted by Gasteiger charge is 2.36. The first-order valence-corrected chi connectivity index (χ1v) is 11.6. The minimum Gasteiger partial charge on any atom is -0.497 e. The number of methoxy groups -OCH3 is 1. The largest absolute Gasteiger partial charge is 0.497 e. The van der Waals surface area contributed by atoms with Gasteiger partial charge in [-0.2, -0.15) is 0 Å². The molecule has 0 saturated carbocycles. The van der Waals surface area contributed by atoms with Gasteiger partial charge >= 0.3 is 6.03 Å². The van der Waals surface area contributed by atoms with Crippen molar-refractivity contribution in [2.75, 3.05) is 25.2 Å². The van der Waals surface area contributed by atoms with Gasteiger partial charge in [0.2, 0.25) is 0 Å². The number of urea groups is 1. The van der Waals surface area contributed by atoms with Crippen LogP contribution in [-0.2, 0) is 9.59 Å². The number of ether oxygens (including phenoxy) is 3. The molecule has 174 valence electrons. The van der Waals surface area contributed by atoms with Crippen LogP contribution < -0.4 is 24.4 Å². The number of barbiturate groups is 1. The molecule has 2 aromatic carbocycles. The molecule has 4 amide bonds.